The van der Waals surface area contributed by atoms with Crippen molar-refractivity contribution in [3.63, 3.8) is 0 Å². The summed E-state index contributed by atoms with van der Waals surface area (Å²) in [7, 11) is 3.45. The van der Waals surface area contributed by atoms with E-state index in [1.165, 1.54) is 0 Å². The quantitative estimate of drug-likeness (QED) is 0.774. The lowest BCUT2D eigenvalue weighted by Crippen LogP contribution is -2.23. The molecule has 1 N–H and O–H groups in total. The van der Waals surface area contributed by atoms with Crippen LogP contribution in [0.5, 0.6) is 11.5 Å². The van der Waals surface area contributed by atoms with Gasteiger partial charge in [0, 0.05) is 25.3 Å². The Morgan fingerprint density at radius 2 is 1.56 bits per heavy atom. The number of likely N-dealkylation sites (N-methyl/N-ethyl adjacent to an activating group) is 1. The van der Waals surface area contributed by atoms with Gasteiger partial charge in [-0.3, -0.25) is 9.59 Å². The van der Waals surface area contributed by atoms with Crippen molar-refractivity contribution in [2.75, 3.05) is 32.6 Å². The molecule has 27 heavy (non-hydrogen) atoms. The van der Waals surface area contributed by atoms with Crippen LogP contribution in [0.25, 0.3) is 0 Å². The summed E-state index contributed by atoms with van der Waals surface area (Å²) in [6, 6.07) is 12.4. The zero-order chi connectivity index (χ0) is 19.8. The minimum atomic E-state index is -0.240. The van der Waals surface area contributed by atoms with Gasteiger partial charge in [-0.25, -0.2) is 0 Å². The second-order valence-corrected chi connectivity index (χ2v) is 6.14. The van der Waals surface area contributed by atoms with E-state index < -0.39 is 0 Å². The molecular formula is C21H26N2O4. The van der Waals surface area contributed by atoms with E-state index in [0.29, 0.717) is 42.4 Å². The van der Waals surface area contributed by atoms with Gasteiger partial charge in [-0.2, -0.15) is 0 Å². The van der Waals surface area contributed by atoms with E-state index >= 15 is 0 Å². The Balaban J connectivity index is 2.08. The van der Waals surface area contributed by atoms with Gasteiger partial charge in [0.1, 0.15) is 0 Å². The molecule has 0 unspecified atom stereocenters. The van der Waals surface area contributed by atoms with Crippen molar-refractivity contribution in [1.29, 1.82) is 0 Å². The van der Waals surface area contributed by atoms with Crippen molar-refractivity contribution >= 4 is 17.5 Å². The first-order chi connectivity index (χ1) is 12.9. The molecule has 0 aliphatic heterocycles. The molecule has 6 heteroatoms. The molecule has 0 bridgehead atoms. The van der Waals surface area contributed by atoms with Crippen molar-refractivity contribution in [3.05, 3.63) is 53.6 Å². The smallest absolute Gasteiger partial charge is 0.255 e. The third-order valence-electron chi connectivity index (χ3n) is 3.87. The van der Waals surface area contributed by atoms with Gasteiger partial charge in [0.15, 0.2) is 11.5 Å². The Hall–Kier alpha value is -3.02. The Morgan fingerprint density at radius 1 is 0.926 bits per heavy atom. The second kappa shape index (κ2) is 9.62. The average Bonchev–Trinajstić information content (AvgIpc) is 2.65. The number of carbonyl (C=O) groups is 2. The molecule has 2 aromatic carbocycles. The number of anilines is 1. The lowest BCUT2D eigenvalue weighted by Gasteiger charge is -2.13. The maximum absolute atomic E-state index is 12.5. The molecule has 0 heterocycles. The van der Waals surface area contributed by atoms with E-state index in [2.05, 4.69) is 5.32 Å². The number of hydrogen-bond acceptors (Lipinski definition) is 4. The molecule has 0 saturated carbocycles. The third-order valence-corrected chi connectivity index (χ3v) is 3.87. The summed E-state index contributed by atoms with van der Waals surface area (Å²) >= 11 is 0. The highest BCUT2D eigenvalue weighted by Gasteiger charge is 2.12. The summed E-state index contributed by atoms with van der Waals surface area (Å²) in [5.74, 6) is 0.955. The topological polar surface area (TPSA) is 67.9 Å². The van der Waals surface area contributed by atoms with Gasteiger partial charge in [0.05, 0.1) is 19.6 Å². The van der Waals surface area contributed by atoms with Gasteiger partial charge in [-0.05, 0) is 49.7 Å². The van der Waals surface area contributed by atoms with Gasteiger partial charge in [-0.15, -0.1) is 0 Å². The number of hydrogen-bond donors (Lipinski definition) is 1. The van der Waals surface area contributed by atoms with Gasteiger partial charge in [-0.1, -0.05) is 12.1 Å². The van der Waals surface area contributed by atoms with E-state index in [1.54, 1.807) is 49.3 Å². The first kappa shape index (κ1) is 20.3. The van der Waals surface area contributed by atoms with Gasteiger partial charge >= 0.3 is 0 Å². The SMILES string of the molecule is CCOc1ccc(C(=O)Nc2ccc(CC(=O)N(C)C)cc2)cc1OCC. The molecule has 144 valence electrons. The van der Waals surface area contributed by atoms with Crippen LogP contribution in [0.4, 0.5) is 5.69 Å². The molecular weight excluding hydrogens is 344 g/mol. The average molecular weight is 370 g/mol. The van der Waals surface area contributed by atoms with Crippen LogP contribution in [-0.4, -0.2) is 44.0 Å². The second-order valence-electron chi connectivity index (χ2n) is 6.14. The van der Waals surface area contributed by atoms with Crippen molar-refractivity contribution in [3.8, 4) is 11.5 Å². The van der Waals surface area contributed by atoms with Gasteiger partial charge < -0.3 is 19.7 Å². The number of benzene rings is 2. The summed E-state index contributed by atoms with van der Waals surface area (Å²) in [4.78, 5) is 25.8. The Kier molecular flexibility index (Phi) is 7.23. The van der Waals surface area contributed by atoms with Crippen LogP contribution < -0.4 is 14.8 Å². The summed E-state index contributed by atoms with van der Waals surface area (Å²) < 4.78 is 11.1. The fraction of sp³-hybridized carbons (Fsp3) is 0.333. The summed E-state index contributed by atoms with van der Waals surface area (Å²) in [6.07, 6.45) is 0.331. The molecule has 0 fully saturated rings. The largest absolute Gasteiger partial charge is 0.490 e. The maximum Gasteiger partial charge on any atom is 0.255 e. The van der Waals surface area contributed by atoms with Crippen LogP contribution >= 0.6 is 0 Å². The number of carbonyl (C=O) groups excluding carboxylic acids is 2. The minimum Gasteiger partial charge on any atom is -0.490 e. The number of ether oxygens (including phenoxy) is 2. The van der Waals surface area contributed by atoms with Crippen molar-refractivity contribution < 1.29 is 19.1 Å². The molecule has 2 aromatic rings. The Morgan fingerprint density at radius 3 is 2.15 bits per heavy atom. The zero-order valence-corrected chi connectivity index (χ0v) is 16.2. The number of nitrogens with one attached hydrogen (secondary N) is 1. The predicted molar refractivity (Wildman–Crippen MR) is 106 cm³/mol. The minimum absolute atomic E-state index is 0.0321. The Bertz CT molecular complexity index is 785. The lowest BCUT2D eigenvalue weighted by atomic mass is 10.1. The van der Waals surface area contributed by atoms with Gasteiger partial charge in [0.2, 0.25) is 5.91 Å². The molecule has 0 radical (unpaired) electrons. The van der Waals surface area contributed by atoms with Crippen molar-refractivity contribution in [1.82, 2.24) is 4.90 Å². The molecule has 0 spiro atoms. The molecule has 0 aliphatic rings. The van der Waals surface area contributed by atoms with E-state index in [9.17, 15) is 9.59 Å². The molecule has 0 saturated heterocycles. The predicted octanol–water partition coefficient (Wildman–Crippen LogP) is 3.37. The first-order valence-corrected chi connectivity index (χ1v) is 8.94. The van der Waals surface area contributed by atoms with Crippen LogP contribution in [0.2, 0.25) is 0 Å². The molecule has 2 rings (SSSR count). The highest BCUT2D eigenvalue weighted by atomic mass is 16.5. The highest BCUT2D eigenvalue weighted by molar-refractivity contribution is 6.04. The maximum atomic E-state index is 12.5. The number of amides is 2. The van der Waals surface area contributed by atoms with Crippen molar-refractivity contribution in [2.45, 2.75) is 20.3 Å². The summed E-state index contributed by atoms with van der Waals surface area (Å²) in [5, 5.41) is 2.85. The van der Waals surface area contributed by atoms with Crippen LogP contribution in [0, 0.1) is 0 Å². The van der Waals surface area contributed by atoms with E-state index in [-0.39, 0.29) is 11.8 Å². The Labute approximate surface area is 160 Å². The molecule has 0 aliphatic carbocycles. The van der Waals surface area contributed by atoms with Crippen molar-refractivity contribution in [2.24, 2.45) is 0 Å². The first-order valence-electron chi connectivity index (χ1n) is 8.94. The van der Waals surface area contributed by atoms with E-state index in [0.717, 1.165) is 5.56 Å². The summed E-state index contributed by atoms with van der Waals surface area (Å²) in [6.45, 7) is 4.78. The molecule has 6 nitrogen and oxygen atoms in total. The molecule has 2 amide bonds. The van der Waals surface area contributed by atoms with E-state index in [4.69, 9.17) is 9.47 Å². The molecule has 0 aromatic heterocycles. The number of rotatable bonds is 8. The molecule has 0 atom stereocenters. The zero-order valence-electron chi connectivity index (χ0n) is 16.2. The third kappa shape index (κ3) is 5.74. The lowest BCUT2D eigenvalue weighted by molar-refractivity contribution is -0.127. The normalized spacial score (nSPS) is 10.2. The van der Waals surface area contributed by atoms with E-state index in [1.807, 2.05) is 26.0 Å². The monoisotopic (exact) mass is 370 g/mol. The summed E-state index contributed by atoms with van der Waals surface area (Å²) in [5.41, 5.74) is 2.04. The standard InChI is InChI=1S/C21H26N2O4/c1-5-26-18-12-9-16(14-19(18)27-6-2)21(25)22-17-10-7-15(8-11-17)13-20(24)23(3)4/h7-12,14H,5-6,13H2,1-4H3,(H,22,25). The van der Waals surface area contributed by atoms with Gasteiger partial charge in [0.25, 0.3) is 5.91 Å². The number of nitrogens with zero attached hydrogens (tertiary/aromatic N) is 1. The van der Waals surface area contributed by atoms with Crippen LogP contribution in [0.15, 0.2) is 42.5 Å². The fourth-order valence-corrected chi connectivity index (χ4v) is 2.43. The fourth-order valence-electron chi connectivity index (χ4n) is 2.43. The van der Waals surface area contributed by atoms with Crippen LogP contribution in [0.1, 0.15) is 29.8 Å². The van der Waals surface area contributed by atoms with Crippen LogP contribution in [-0.2, 0) is 11.2 Å². The highest BCUT2D eigenvalue weighted by Crippen LogP contribution is 2.29. The van der Waals surface area contributed by atoms with Crippen LogP contribution in [0.3, 0.4) is 0 Å².